The van der Waals surface area contributed by atoms with Crippen molar-refractivity contribution < 1.29 is 9.15 Å². The lowest BCUT2D eigenvalue weighted by Crippen LogP contribution is -2.48. The van der Waals surface area contributed by atoms with Crippen LogP contribution in [0, 0.1) is 17.8 Å². The van der Waals surface area contributed by atoms with E-state index in [0.717, 1.165) is 35.1 Å². The first kappa shape index (κ1) is 14.3. The van der Waals surface area contributed by atoms with Crippen molar-refractivity contribution in [1.82, 2.24) is 10.2 Å². The Morgan fingerprint density at radius 3 is 2.46 bits per heavy atom. The van der Waals surface area contributed by atoms with Crippen LogP contribution < -0.4 is 10.1 Å². The molecule has 0 amide bonds. The van der Waals surface area contributed by atoms with Crippen LogP contribution in [-0.4, -0.2) is 17.3 Å². The Bertz CT molecular complexity index is 719. The van der Waals surface area contributed by atoms with Crippen LogP contribution in [0.2, 0.25) is 0 Å². The molecule has 1 aromatic heterocycles. The molecule has 1 N–H and O–H groups in total. The van der Waals surface area contributed by atoms with E-state index in [9.17, 15) is 0 Å². The highest BCUT2D eigenvalue weighted by atomic mass is 16.5. The second-order valence-electron chi connectivity index (χ2n) is 7.97. The third kappa shape index (κ3) is 2.29. The van der Waals surface area contributed by atoms with E-state index in [-0.39, 0.29) is 5.41 Å². The summed E-state index contributed by atoms with van der Waals surface area (Å²) in [5.41, 5.74) is 1.05. The van der Waals surface area contributed by atoms with E-state index in [0.29, 0.717) is 6.01 Å². The summed E-state index contributed by atoms with van der Waals surface area (Å²) in [5.74, 6) is 4.28. The Balaban J connectivity index is 1.39. The summed E-state index contributed by atoms with van der Waals surface area (Å²) in [6.45, 7) is 0. The van der Waals surface area contributed by atoms with Gasteiger partial charge < -0.3 is 14.5 Å². The van der Waals surface area contributed by atoms with E-state index < -0.39 is 0 Å². The summed E-state index contributed by atoms with van der Waals surface area (Å²) >= 11 is 0. The monoisotopic (exact) mass is 325 g/mol. The van der Waals surface area contributed by atoms with Gasteiger partial charge in [0.05, 0.1) is 7.11 Å². The van der Waals surface area contributed by atoms with Gasteiger partial charge in [0.25, 0.3) is 0 Å². The van der Waals surface area contributed by atoms with Gasteiger partial charge in [-0.25, -0.2) is 0 Å². The van der Waals surface area contributed by atoms with Crippen LogP contribution in [0.3, 0.4) is 0 Å². The quantitative estimate of drug-likeness (QED) is 0.908. The van der Waals surface area contributed by atoms with Crippen molar-refractivity contribution in [3.63, 3.8) is 0 Å². The van der Waals surface area contributed by atoms with E-state index >= 15 is 0 Å². The van der Waals surface area contributed by atoms with Crippen LogP contribution in [0.15, 0.2) is 28.7 Å². The average Bonchev–Trinajstić information content (AvgIpc) is 3.03. The first-order valence-electron chi connectivity index (χ1n) is 8.97. The number of anilines is 2. The topological polar surface area (TPSA) is 60.2 Å². The minimum absolute atomic E-state index is 0.149. The van der Waals surface area contributed by atoms with Crippen LogP contribution in [0.25, 0.3) is 0 Å². The molecule has 4 bridgehead atoms. The maximum atomic E-state index is 6.07. The van der Waals surface area contributed by atoms with Crippen LogP contribution in [0.5, 0.6) is 5.75 Å². The molecule has 0 spiro atoms. The van der Waals surface area contributed by atoms with Crippen LogP contribution in [0.4, 0.5) is 11.7 Å². The third-order valence-electron chi connectivity index (χ3n) is 6.24. The molecular formula is C19H23N3O2. The molecule has 0 aliphatic heterocycles. The number of nitrogens with zero attached hydrogens (tertiary/aromatic N) is 2. The van der Waals surface area contributed by atoms with Crippen molar-refractivity contribution in [2.75, 3.05) is 12.4 Å². The highest BCUT2D eigenvalue weighted by Gasteiger charge is 2.54. The molecule has 4 saturated carbocycles. The van der Waals surface area contributed by atoms with Crippen molar-refractivity contribution >= 4 is 11.7 Å². The molecule has 2 aromatic rings. The SMILES string of the molecule is COc1cccc(Nc2nnc(C34CC5CC(CC(C5)C3)C4)o2)c1. The molecule has 5 heteroatoms. The van der Waals surface area contributed by atoms with Crippen LogP contribution >= 0.6 is 0 Å². The first-order chi connectivity index (χ1) is 11.7. The number of rotatable bonds is 4. The number of methoxy groups -OCH3 is 1. The van der Waals surface area contributed by atoms with Gasteiger partial charge in [0.1, 0.15) is 5.75 Å². The lowest BCUT2D eigenvalue weighted by atomic mass is 9.49. The molecule has 6 rings (SSSR count). The van der Waals surface area contributed by atoms with Gasteiger partial charge in [-0.2, -0.15) is 0 Å². The molecule has 0 unspecified atom stereocenters. The minimum atomic E-state index is 0.149. The average molecular weight is 325 g/mol. The molecule has 4 fully saturated rings. The van der Waals surface area contributed by atoms with Crippen LogP contribution in [0.1, 0.15) is 44.4 Å². The van der Waals surface area contributed by atoms with Crippen molar-refractivity contribution in [2.24, 2.45) is 17.8 Å². The summed E-state index contributed by atoms with van der Waals surface area (Å²) in [5, 5.41) is 11.9. The van der Waals surface area contributed by atoms with Crippen LogP contribution in [-0.2, 0) is 5.41 Å². The fourth-order valence-corrected chi connectivity index (χ4v) is 5.68. The van der Waals surface area contributed by atoms with E-state index in [4.69, 9.17) is 9.15 Å². The van der Waals surface area contributed by atoms with Gasteiger partial charge >= 0.3 is 6.01 Å². The smallest absolute Gasteiger partial charge is 0.320 e. The fourth-order valence-electron chi connectivity index (χ4n) is 5.68. The van der Waals surface area contributed by atoms with Crippen molar-refractivity contribution in [3.8, 4) is 5.75 Å². The molecular weight excluding hydrogens is 302 g/mol. The first-order valence-corrected chi connectivity index (χ1v) is 8.97. The standard InChI is InChI=1S/C19H23N3O2/c1-23-16-4-2-3-15(8-16)20-18-22-21-17(24-18)19-9-12-5-13(10-19)7-14(6-12)11-19/h2-4,8,12-14H,5-7,9-11H2,1H3,(H,20,22). The molecule has 0 saturated heterocycles. The van der Waals surface area contributed by atoms with Gasteiger partial charge in [-0.1, -0.05) is 11.2 Å². The van der Waals surface area contributed by atoms with Gasteiger partial charge in [-0.05, 0) is 68.4 Å². The summed E-state index contributed by atoms with van der Waals surface area (Å²) in [6, 6.07) is 8.23. The number of hydrogen-bond acceptors (Lipinski definition) is 5. The maximum absolute atomic E-state index is 6.07. The second-order valence-corrected chi connectivity index (χ2v) is 7.97. The third-order valence-corrected chi connectivity index (χ3v) is 6.24. The second kappa shape index (κ2) is 5.23. The summed E-state index contributed by atoms with van der Waals surface area (Å²) < 4.78 is 11.3. The zero-order valence-electron chi connectivity index (χ0n) is 14.0. The van der Waals surface area contributed by atoms with Gasteiger partial charge in [0, 0.05) is 17.2 Å². The summed E-state index contributed by atoms with van der Waals surface area (Å²) in [4.78, 5) is 0. The number of nitrogens with one attached hydrogen (secondary N) is 1. The minimum Gasteiger partial charge on any atom is -0.497 e. The lowest BCUT2D eigenvalue weighted by Gasteiger charge is -2.55. The molecule has 1 heterocycles. The van der Waals surface area contributed by atoms with E-state index in [1.807, 2.05) is 24.3 Å². The molecule has 1 aromatic carbocycles. The zero-order chi connectivity index (χ0) is 16.1. The molecule has 4 aliphatic rings. The predicted molar refractivity (Wildman–Crippen MR) is 90.4 cm³/mol. The molecule has 5 nitrogen and oxygen atoms in total. The molecule has 126 valence electrons. The maximum Gasteiger partial charge on any atom is 0.320 e. The highest BCUT2D eigenvalue weighted by molar-refractivity contribution is 5.54. The Morgan fingerprint density at radius 1 is 1.08 bits per heavy atom. The Morgan fingerprint density at radius 2 is 1.79 bits per heavy atom. The molecule has 4 aliphatic carbocycles. The number of ether oxygens (including phenoxy) is 1. The van der Waals surface area contributed by atoms with Crippen molar-refractivity contribution in [1.29, 1.82) is 0 Å². The Hall–Kier alpha value is -2.04. The van der Waals surface area contributed by atoms with E-state index in [2.05, 4.69) is 15.5 Å². The summed E-state index contributed by atoms with van der Waals surface area (Å²) in [7, 11) is 1.66. The predicted octanol–water partition coefficient (Wildman–Crippen LogP) is 4.29. The number of aromatic nitrogens is 2. The summed E-state index contributed by atoms with van der Waals surface area (Å²) in [6.07, 6.45) is 7.96. The van der Waals surface area contributed by atoms with Gasteiger partial charge in [0.15, 0.2) is 0 Å². The van der Waals surface area contributed by atoms with Gasteiger partial charge in [0.2, 0.25) is 5.89 Å². The largest absolute Gasteiger partial charge is 0.497 e. The van der Waals surface area contributed by atoms with E-state index in [1.54, 1.807) is 7.11 Å². The fraction of sp³-hybridized carbons (Fsp3) is 0.579. The number of hydrogen-bond donors (Lipinski definition) is 1. The molecule has 0 atom stereocenters. The Kier molecular flexibility index (Phi) is 3.12. The normalized spacial score (nSPS) is 33.6. The van der Waals surface area contributed by atoms with Crippen molar-refractivity contribution in [2.45, 2.75) is 43.9 Å². The highest BCUT2D eigenvalue weighted by Crippen LogP contribution is 2.60. The van der Waals surface area contributed by atoms with Gasteiger partial charge in [-0.15, -0.1) is 5.10 Å². The zero-order valence-corrected chi connectivity index (χ0v) is 14.0. The molecule has 0 radical (unpaired) electrons. The lowest BCUT2D eigenvalue weighted by molar-refractivity contribution is -0.0175. The van der Waals surface area contributed by atoms with Gasteiger partial charge in [-0.3, -0.25) is 0 Å². The Labute approximate surface area is 141 Å². The van der Waals surface area contributed by atoms with Crippen molar-refractivity contribution in [3.05, 3.63) is 30.2 Å². The number of benzene rings is 1. The molecule has 24 heavy (non-hydrogen) atoms. The van der Waals surface area contributed by atoms with E-state index in [1.165, 1.54) is 38.5 Å².